The van der Waals surface area contributed by atoms with Gasteiger partial charge in [-0.25, -0.2) is 4.39 Å². The zero-order valence-electron chi connectivity index (χ0n) is 10.3. The molecule has 2 rings (SSSR count). The standard InChI is InChI=1S/C13H18FN3O/c14-11-3-1-2-4-12(11)17-9-7-16(8-10-17)6-5-13(15)18/h1-4H,5-10H2,(H2,15,18). The van der Waals surface area contributed by atoms with E-state index in [-0.39, 0.29) is 11.7 Å². The Morgan fingerprint density at radius 1 is 1.22 bits per heavy atom. The first-order chi connectivity index (χ1) is 8.66. The number of rotatable bonds is 4. The summed E-state index contributed by atoms with van der Waals surface area (Å²) in [4.78, 5) is 14.9. The van der Waals surface area contributed by atoms with Gasteiger partial charge in [0.1, 0.15) is 5.82 Å². The second kappa shape index (κ2) is 5.82. The number of amides is 1. The molecule has 0 aromatic heterocycles. The number of anilines is 1. The highest BCUT2D eigenvalue weighted by molar-refractivity contribution is 5.73. The molecule has 0 aliphatic carbocycles. The predicted octanol–water partition coefficient (Wildman–Crippen LogP) is 0.823. The topological polar surface area (TPSA) is 49.6 Å². The SMILES string of the molecule is NC(=O)CCN1CCN(c2ccccc2F)CC1. The van der Waals surface area contributed by atoms with Crippen LogP contribution < -0.4 is 10.6 Å². The van der Waals surface area contributed by atoms with Gasteiger partial charge in [-0.2, -0.15) is 0 Å². The van der Waals surface area contributed by atoms with Crippen molar-refractivity contribution in [3.8, 4) is 0 Å². The number of halogens is 1. The van der Waals surface area contributed by atoms with Crippen molar-refractivity contribution in [1.82, 2.24) is 4.90 Å². The van der Waals surface area contributed by atoms with Crippen molar-refractivity contribution < 1.29 is 9.18 Å². The van der Waals surface area contributed by atoms with Gasteiger partial charge in [0.25, 0.3) is 0 Å². The van der Waals surface area contributed by atoms with Crippen LogP contribution in [0.15, 0.2) is 24.3 Å². The Morgan fingerprint density at radius 2 is 1.89 bits per heavy atom. The van der Waals surface area contributed by atoms with E-state index in [0.717, 1.165) is 26.2 Å². The number of benzene rings is 1. The zero-order chi connectivity index (χ0) is 13.0. The van der Waals surface area contributed by atoms with Gasteiger partial charge in [0.15, 0.2) is 0 Å². The highest BCUT2D eigenvalue weighted by atomic mass is 19.1. The maximum Gasteiger partial charge on any atom is 0.218 e. The van der Waals surface area contributed by atoms with E-state index in [1.54, 1.807) is 12.1 Å². The molecule has 0 atom stereocenters. The lowest BCUT2D eigenvalue weighted by Crippen LogP contribution is -2.47. The van der Waals surface area contributed by atoms with Crippen molar-refractivity contribution in [3.63, 3.8) is 0 Å². The molecule has 98 valence electrons. The lowest BCUT2D eigenvalue weighted by molar-refractivity contribution is -0.118. The molecule has 0 spiro atoms. The first-order valence-corrected chi connectivity index (χ1v) is 6.17. The quantitative estimate of drug-likeness (QED) is 0.862. The van der Waals surface area contributed by atoms with Gasteiger partial charge in [0.2, 0.25) is 5.91 Å². The lowest BCUT2D eigenvalue weighted by atomic mass is 10.2. The Hall–Kier alpha value is -1.62. The number of hydrogen-bond acceptors (Lipinski definition) is 3. The van der Waals surface area contributed by atoms with Crippen molar-refractivity contribution in [2.75, 3.05) is 37.6 Å². The molecule has 1 aromatic rings. The maximum atomic E-state index is 13.6. The Bertz CT molecular complexity index is 416. The van der Waals surface area contributed by atoms with Gasteiger partial charge in [-0.1, -0.05) is 12.1 Å². The number of nitrogens with zero attached hydrogens (tertiary/aromatic N) is 2. The summed E-state index contributed by atoms with van der Waals surface area (Å²) in [5.74, 6) is -0.449. The van der Waals surface area contributed by atoms with Crippen molar-refractivity contribution in [2.24, 2.45) is 5.73 Å². The molecule has 0 unspecified atom stereocenters. The van der Waals surface area contributed by atoms with Crippen LogP contribution >= 0.6 is 0 Å². The van der Waals surface area contributed by atoms with E-state index >= 15 is 0 Å². The molecule has 1 fully saturated rings. The van der Waals surface area contributed by atoms with Gasteiger partial charge in [-0.3, -0.25) is 9.69 Å². The van der Waals surface area contributed by atoms with Crippen LogP contribution in [-0.2, 0) is 4.79 Å². The summed E-state index contributed by atoms with van der Waals surface area (Å²) in [6, 6.07) is 6.82. The number of primary amides is 1. The van der Waals surface area contributed by atoms with Crippen molar-refractivity contribution >= 4 is 11.6 Å². The van der Waals surface area contributed by atoms with E-state index < -0.39 is 0 Å². The van der Waals surface area contributed by atoms with E-state index in [1.807, 2.05) is 11.0 Å². The highest BCUT2D eigenvalue weighted by Crippen LogP contribution is 2.19. The minimum atomic E-state index is -0.272. The number of hydrogen-bond donors (Lipinski definition) is 1. The Labute approximate surface area is 106 Å². The predicted molar refractivity (Wildman–Crippen MR) is 68.9 cm³/mol. The molecule has 0 saturated carbocycles. The summed E-state index contributed by atoms with van der Waals surface area (Å²) in [5, 5.41) is 0. The van der Waals surface area contributed by atoms with Crippen LogP contribution in [0.2, 0.25) is 0 Å². The van der Waals surface area contributed by atoms with Crippen molar-refractivity contribution in [3.05, 3.63) is 30.1 Å². The van der Waals surface area contributed by atoms with Gasteiger partial charge < -0.3 is 10.6 Å². The third-order valence-electron chi connectivity index (χ3n) is 3.24. The smallest absolute Gasteiger partial charge is 0.218 e. The average Bonchev–Trinajstić information content (AvgIpc) is 2.38. The van der Waals surface area contributed by atoms with Crippen LogP contribution in [0.3, 0.4) is 0 Å². The minimum absolute atomic E-state index is 0.178. The van der Waals surface area contributed by atoms with Gasteiger partial charge in [-0.15, -0.1) is 0 Å². The molecule has 1 aromatic carbocycles. The molecule has 2 N–H and O–H groups in total. The fraction of sp³-hybridized carbons (Fsp3) is 0.462. The first-order valence-electron chi connectivity index (χ1n) is 6.17. The van der Waals surface area contributed by atoms with Crippen LogP contribution in [0.1, 0.15) is 6.42 Å². The van der Waals surface area contributed by atoms with E-state index in [9.17, 15) is 9.18 Å². The molecule has 1 aliphatic heterocycles. The third-order valence-corrected chi connectivity index (χ3v) is 3.24. The molecule has 1 heterocycles. The first kappa shape index (κ1) is 12.8. The second-order valence-electron chi connectivity index (χ2n) is 4.50. The minimum Gasteiger partial charge on any atom is -0.370 e. The van der Waals surface area contributed by atoms with Crippen LogP contribution in [0.25, 0.3) is 0 Å². The molecule has 1 saturated heterocycles. The van der Waals surface area contributed by atoms with Crippen LogP contribution in [-0.4, -0.2) is 43.5 Å². The monoisotopic (exact) mass is 251 g/mol. The summed E-state index contributed by atoms with van der Waals surface area (Å²) in [7, 11) is 0. The zero-order valence-corrected chi connectivity index (χ0v) is 10.3. The fourth-order valence-electron chi connectivity index (χ4n) is 2.19. The lowest BCUT2D eigenvalue weighted by Gasteiger charge is -2.36. The van der Waals surface area contributed by atoms with Gasteiger partial charge in [-0.05, 0) is 12.1 Å². The Kier molecular flexibility index (Phi) is 4.15. The Balaban J connectivity index is 1.87. The van der Waals surface area contributed by atoms with Gasteiger partial charge in [0, 0.05) is 39.1 Å². The number of carbonyl (C=O) groups excluding carboxylic acids is 1. The number of piperazine rings is 1. The molecule has 5 heteroatoms. The second-order valence-corrected chi connectivity index (χ2v) is 4.50. The summed E-state index contributed by atoms with van der Waals surface area (Å²) < 4.78 is 13.6. The van der Waals surface area contributed by atoms with Gasteiger partial charge in [0.05, 0.1) is 5.69 Å². The largest absolute Gasteiger partial charge is 0.370 e. The van der Waals surface area contributed by atoms with Crippen molar-refractivity contribution in [1.29, 1.82) is 0 Å². The number of para-hydroxylation sites is 1. The number of nitrogens with two attached hydrogens (primary N) is 1. The molecule has 1 aliphatic rings. The summed E-state index contributed by atoms with van der Waals surface area (Å²) in [5.41, 5.74) is 5.78. The molecule has 0 radical (unpaired) electrons. The summed E-state index contributed by atoms with van der Waals surface area (Å²) in [6.45, 7) is 3.92. The molecule has 4 nitrogen and oxygen atoms in total. The van der Waals surface area contributed by atoms with Crippen LogP contribution in [0, 0.1) is 5.82 Å². The van der Waals surface area contributed by atoms with E-state index in [0.29, 0.717) is 18.7 Å². The molecule has 18 heavy (non-hydrogen) atoms. The number of carbonyl (C=O) groups is 1. The molecular weight excluding hydrogens is 233 g/mol. The highest BCUT2D eigenvalue weighted by Gasteiger charge is 2.19. The summed E-state index contributed by atoms with van der Waals surface area (Å²) >= 11 is 0. The fourth-order valence-corrected chi connectivity index (χ4v) is 2.19. The molecule has 0 bridgehead atoms. The van der Waals surface area contributed by atoms with E-state index in [4.69, 9.17) is 5.73 Å². The normalized spacial score (nSPS) is 16.8. The average molecular weight is 251 g/mol. The van der Waals surface area contributed by atoms with Crippen LogP contribution in [0.4, 0.5) is 10.1 Å². The van der Waals surface area contributed by atoms with Gasteiger partial charge >= 0.3 is 0 Å². The Morgan fingerprint density at radius 3 is 2.50 bits per heavy atom. The third kappa shape index (κ3) is 3.20. The van der Waals surface area contributed by atoms with Crippen LogP contribution in [0.5, 0.6) is 0 Å². The molecular formula is C13H18FN3O. The van der Waals surface area contributed by atoms with Crippen molar-refractivity contribution in [2.45, 2.75) is 6.42 Å². The van der Waals surface area contributed by atoms with E-state index in [1.165, 1.54) is 6.07 Å². The maximum absolute atomic E-state index is 13.6. The molecule has 1 amide bonds. The van der Waals surface area contributed by atoms with E-state index in [2.05, 4.69) is 4.90 Å². The summed E-state index contributed by atoms with van der Waals surface area (Å²) in [6.07, 6.45) is 0.389.